The van der Waals surface area contributed by atoms with Gasteiger partial charge in [-0.1, -0.05) is 6.42 Å². The van der Waals surface area contributed by atoms with Crippen LogP contribution in [0.3, 0.4) is 0 Å². The van der Waals surface area contributed by atoms with E-state index in [2.05, 4.69) is 10.9 Å². The largest absolute Gasteiger partial charge is 0.370 e. The van der Waals surface area contributed by atoms with E-state index < -0.39 is 0 Å². The van der Waals surface area contributed by atoms with Crippen LogP contribution >= 0.6 is 0 Å². The highest BCUT2D eigenvalue weighted by molar-refractivity contribution is 5.73. The smallest absolute Gasteiger partial charge is 0.217 e. The first-order chi connectivity index (χ1) is 5.79. The second-order valence-corrected chi connectivity index (χ2v) is 3.27. The Morgan fingerprint density at radius 3 is 2.92 bits per heavy atom. The van der Waals surface area contributed by atoms with E-state index >= 15 is 0 Å². The average Bonchev–Trinajstić information content (AvgIpc) is 2.49. The van der Waals surface area contributed by atoms with Crippen molar-refractivity contribution < 1.29 is 4.79 Å². The topological polar surface area (TPSA) is 67.2 Å². The van der Waals surface area contributed by atoms with Gasteiger partial charge in [-0.05, 0) is 19.3 Å². The Hall–Kier alpha value is -0.610. The number of rotatable bonds is 5. The zero-order chi connectivity index (χ0) is 8.81. The molecule has 1 aliphatic rings. The Balaban J connectivity index is 1.91. The number of nitrogens with two attached hydrogens (primary N) is 1. The van der Waals surface area contributed by atoms with E-state index in [9.17, 15) is 4.79 Å². The third-order valence-electron chi connectivity index (χ3n) is 2.15. The predicted octanol–water partition coefficient (Wildman–Crippen LogP) is -0.101. The monoisotopic (exact) mass is 171 g/mol. The number of hydrogen-bond donors (Lipinski definition) is 3. The molecule has 1 heterocycles. The Kier molecular flexibility index (Phi) is 4.04. The lowest BCUT2D eigenvalue weighted by Gasteiger charge is -2.07. The summed E-state index contributed by atoms with van der Waals surface area (Å²) in [6.07, 6.45) is 4.87. The van der Waals surface area contributed by atoms with Crippen molar-refractivity contribution in [3.63, 3.8) is 0 Å². The normalized spacial score (nSPS) is 22.8. The highest BCUT2D eigenvalue weighted by Gasteiger charge is 2.12. The van der Waals surface area contributed by atoms with E-state index in [1.165, 1.54) is 6.42 Å². The molecule has 1 atom stereocenters. The molecule has 0 aromatic rings. The SMILES string of the molecule is NC(=O)CCCCC1CCNN1. The molecular formula is C8H17N3O. The van der Waals surface area contributed by atoms with Crippen molar-refractivity contribution in [2.45, 2.75) is 38.1 Å². The van der Waals surface area contributed by atoms with E-state index in [1.807, 2.05) is 0 Å². The van der Waals surface area contributed by atoms with Crippen molar-refractivity contribution >= 4 is 5.91 Å². The van der Waals surface area contributed by atoms with E-state index in [4.69, 9.17) is 5.73 Å². The molecule has 70 valence electrons. The lowest BCUT2D eigenvalue weighted by atomic mass is 10.1. The van der Waals surface area contributed by atoms with Crippen LogP contribution in [0.15, 0.2) is 0 Å². The summed E-state index contributed by atoms with van der Waals surface area (Å²) in [5.74, 6) is -0.187. The van der Waals surface area contributed by atoms with Gasteiger partial charge in [0, 0.05) is 19.0 Å². The fourth-order valence-corrected chi connectivity index (χ4v) is 1.44. The van der Waals surface area contributed by atoms with Crippen LogP contribution in [0.1, 0.15) is 32.1 Å². The van der Waals surface area contributed by atoms with Gasteiger partial charge in [0.15, 0.2) is 0 Å². The van der Waals surface area contributed by atoms with Gasteiger partial charge in [-0.3, -0.25) is 15.6 Å². The Morgan fingerprint density at radius 2 is 2.33 bits per heavy atom. The zero-order valence-corrected chi connectivity index (χ0v) is 7.31. The van der Waals surface area contributed by atoms with Crippen LogP contribution in [0.2, 0.25) is 0 Å². The van der Waals surface area contributed by atoms with Crippen LogP contribution in [-0.4, -0.2) is 18.5 Å². The fraction of sp³-hybridized carbons (Fsp3) is 0.875. The molecular weight excluding hydrogens is 154 g/mol. The van der Waals surface area contributed by atoms with Crippen LogP contribution in [0, 0.1) is 0 Å². The van der Waals surface area contributed by atoms with Crippen molar-refractivity contribution in [1.82, 2.24) is 10.9 Å². The number of amides is 1. The minimum absolute atomic E-state index is 0.187. The molecule has 0 aliphatic carbocycles. The number of primary amides is 1. The number of nitrogens with one attached hydrogen (secondary N) is 2. The van der Waals surface area contributed by atoms with Gasteiger partial charge in [0.25, 0.3) is 0 Å². The number of carbonyl (C=O) groups is 1. The molecule has 0 aromatic carbocycles. The summed E-state index contributed by atoms with van der Waals surface area (Å²) in [4.78, 5) is 10.4. The molecule has 1 aliphatic heterocycles. The molecule has 1 amide bonds. The van der Waals surface area contributed by atoms with Gasteiger partial charge in [0.05, 0.1) is 0 Å². The van der Waals surface area contributed by atoms with Crippen LogP contribution in [-0.2, 0) is 4.79 Å². The molecule has 1 fully saturated rings. The Labute approximate surface area is 72.9 Å². The van der Waals surface area contributed by atoms with Crippen molar-refractivity contribution in [3.8, 4) is 0 Å². The summed E-state index contributed by atoms with van der Waals surface area (Å²) < 4.78 is 0. The van der Waals surface area contributed by atoms with E-state index in [-0.39, 0.29) is 5.91 Å². The molecule has 0 spiro atoms. The quantitative estimate of drug-likeness (QED) is 0.506. The first kappa shape index (κ1) is 9.48. The van der Waals surface area contributed by atoms with Gasteiger partial charge < -0.3 is 5.73 Å². The molecule has 1 saturated heterocycles. The molecule has 4 N–H and O–H groups in total. The Bertz CT molecular complexity index is 143. The molecule has 12 heavy (non-hydrogen) atoms. The van der Waals surface area contributed by atoms with Crippen LogP contribution in [0.5, 0.6) is 0 Å². The highest BCUT2D eigenvalue weighted by Crippen LogP contribution is 2.07. The van der Waals surface area contributed by atoms with Crippen LogP contribution in [0.4, 0.5) is 0 Å². The maximum Gasteiger partial charge on any atom is 0.217 e. The lowest BCUT2D eigenvalue weighted by molar-refractivity contribution is -0.118. The summed E-state index contributed by atoms with van der Waals surface area (Å²) in [5.41, 5.74) is 11.3. The van der Waals surface area contributed by atoms with E-state index in [0.717, 1.165) is 25.8 Å². The second kappa shape index (κ2) is 5.11. The molecule has 4 nitrogen and oxygen atoms in total. The van der Waals surface area contributed by atoms with Gasteiger partial charge in [-0.15, -0.1) is 0 Å². The van der Waals surface area contributed by atoms with Crippen LogP contribution in [0.25, 0.3) is 0 Å². The van der Waals surface area contributed by atoms with Crippen molar-refractivity contribution in [2.75, 3.05) is 6.54 Å². The van der Waals surface area contributed by atoms with Crippen molar-refractivity contribution in [1.29, 1.82) is 0 Å². The van der Waals surface area contributed by atoms with E-state index in [0.29, 0.717) is 12.5 Å². The summed E-state index contributed by atoms with van der Waals surface area (Å²) in [5, 5.41) is 0. The molecule has 0 bridgehead atoms. The van der Waals surface area contributed by atoms with Crippen LogP contribution < -0.4 is 16.6 Å². The standard InChI is InChI=1S/C8H17N3O/c9-8(12)4-2-1-3-7-5-6-10-11-7/h7,10-11H,1-6H2,(H2,9,12). The lowest BCUT2D eigenvalue weighted by Crippen LogP contribution is -2.29. The summed E-state index contributed by atoms with van der Waals surface area (Å²) in [6.45, 7) is 1.06. The summed E-state index contributed by atoms with van der Waals surface area (Å²) >= 11 is 0. The summed E-state index contributed by atoms with van der Waals surface area (Å²) in [7, 11) is 0. The van der Waals surface area contributed by atoms with Gasteiger partial charge >= 0.3 is 0 Å². The number of unbranched alkanes of at least 4 members (excludes halogenated alkanes) is 1. The maximum atomic E-state index is 10.4. The van der Waals surface area contributed by atoms with Crippen molar-refractivity contribution in [2.24, 2.45) is 5.73 Å². The predicted molar refractivity (Wildman–Crippen MR) is 47.2 cm³/mol. The van der Waals surface area contributed by atoms with Gasteiger partial charge in [-0.25, -0.2) is 0 Å². The highest BCUT2D eigenvalue weighted by atomic mass is 16.1. The molecule has 1 rings (SSSR count). The van der Waals surface area contributed by atoms with E-state index in [1.54, 1.807) is 0 Å². The minimum atomic E-state index is -0.187. The van der Waals surface area contributed by atoms with Gasteiger partial charge in [0.2, 0.25) is 5.91 Å². The number of hydrazine groups is 1. The molecule has 1 unspecified atom stereocenters. The zero-order valence-electron chi connectivity index (χ0n) is 7.31. The Morgan fingerprint density at radius 1 is 1.50 bits per heavy atom. The summed E-state index contributed by atoms with van der Waals surface area (Å²) in [6, 6.07) is 0.595. The first-order valence-corrected chi connectivity index (χ1v) is 4.56. The molecule has 0 saturated carbocycles. The molecule has 4 heteroatoms. The average molecular weight is 171 g/mol. The van der Waals surface area contributed by atoms with Crippen molar-refractivity contribution in [3.05, 3.63) is 0 Å². The number of carbonyl (C=O) groups excluding carboxylic acids is 1. The maximum absolute atomic E-state index is 10.4. The second-order valence-electron chi connectivity index (χ2n) is 3.27. The fourth-order valence-electron chi connectivity index (χ4n) is 1.44. The molecule has 0 aromatic heterocycles. The first-order valence-electron chi connectivity index (χ1n) is 4.56. The van der Waals surface area contributed by atoms with Gasteiger partial charge in [0.1, 0.15) is 0 Å². The minimum Gasteiger partial charge on any atom is -0.370 e. The third-order valence-corrected chi connectivity index (χ3v) is 2.15. The third kappa shape index (κ3) is 3.69. The molecule has 0 radical (unpaired) electrons. The number of hydrogen-bond acceptors (Lipinski definition) is 3. The van der Waals surface area contributed by atoms with Gasteiger partial charge in [-0.2, -0.15) is 0 Å².